The molecular weight excluding hydrogens is 400 g/mol. The second-order valence-corrected chi connectivity index (χ2v) is 8.10. The molecule has 4 rings (SSSR count). The highest BCUT2D eigenvalue weighted by molar-refractivity contribution is 6.10. The third kappa shape index (κ3) is 4.80. The molecule has 164 valence electrons. The highest BCUT2D eigenvalue weighted by Crippen LogP contribution is 2.34. The third-order valence-electron chi connectivity index (χ3n) is 5.89. The Kier molecular flexibility index (Phi) is 6.50. The van der Waals surface area contributed by atoms with E-state index in [1.54, 1.807) is 25.7 Å². The molecule has 0 bridgehead atoms. The van der Waals surface area contributed by atoms with Gasteiger partial charge in [-0.2, -0.15) is 0 Å². The Labute approximate surface area is 187 Å². The molecule has 0 amide bonds. The van der Waals surface area contributed by atoms with E-state index in [2.05, 4.69) is 46.1 Å². The van der Waals surface area contributed by atoms with E-state index < -0.39 is 0 Å². The number of anilines is 2. The van der Waals surface area contributed by atoms with E-state index in [-0.39, 0.29) is 5.56 Å². The number of ether oxygens (including phenoxy) is 1. The number of rotatable bonds is 7. The molecule has 0 saturated heterocycles. The zero-order valence-electron chi connectivity index (χ0n) is 18.5. The van der Waals surface area contributed by atoms with E-state index in [1.165, 1.54) is 31.2 Å². The van der Waals surface area contributed by atoms with Crippen LogP contribution in [0.2, 0.25) is 0 Å². The van der Waals surface area contributed by atoms with Crippen molar-refractivity contribution in [2.24, 2.45) is 4.99 Å². The first kappa shape index (κ1) is 21.6. The van der Waals surface area contributed by atoms with Gasteiger partial charge in [0.05, 0.1) is 24.4 Å². The van der Waals surface area contributed by atoms with Crippen molar-refractivity contribution in [3.63, 3.8) is 0 Å². The lowest BCUT2D eigenvalue weighted by atomic mass is 9.97. The number of hydrogen-bond donors (Lipinski definition) is 2. The van der Waals surface area contributed by atoms with Gasteiger partial charge in [-0.05, 0) is 60.9 Å². The van der Waals surface area contributed by atoms with Crippen molar-refractivity contribution in [2.45, 2.75) is 38.5 Å². The topological polar surface area (TPSA) is 79.4 Å². The Morgan fingerprint density at radius 3 is 2.72 bits per heavy atom. The predicted molar refractivity (Wildman–Crippen MR) is 132 cm³/mol. The Morgan fingerprint density at radius 1 is 1.25 bits per heavy atom. The van der Waals surface area contributed by atoms with Crippen LogP contribution in [0.1, 0.15) is 49.8 Å². The number of aromatic amines is 1. The zero-order valence-corrected chi connectivity index (χ0v) is 18.5. The monoisotopic (exact) mass is 428 g/mol. The van der Waals surface area contributed by atoms with Crippen molar-refractivity contribution in [1.29, 1.82) is 0 Å². The van der Waals surface area contributed by atoms with Crippen LogP contribution >= 0.6 is 0 Å². The summed E-state index contributed by atoms with van der Waals surface area (Å²) in [7, 11) is 1.59. The largest absolute Gasteiger partial charge is 0.500 e. The molecule has 0 unspecified atom stereocenters. The lowest BCUT2D eigenvalue weighted by Crippen LogP contribution is -2.10. The van der Waals surface area contributed by atoms with Gasteiger partial charge in [0.15, 0.2) is 0 Å². The number of methoxy groups -OCH3 is 1. The van der Waals surface area contributed by atoms with Crippen molar-refractivity contribution in [1.82, 2.24) is 9.97 Å². The van der Waals surface area contributed by atoms with E-state index in [0.29, 0.717) is 34.1 Å². The molecule has 32 heavy (non-hydrogen) atoms. The molecule has 2 aromatic heterocycles. The molecule has 1 aromatic carbocycles. The molecule has 6 heteroatoms. The minimum Gasteiger partial charge on any atom is -0.500 e. The van der Waals surface area contributed by atoms with Crippen molar-refractivity contribution in [2.75, 3.05) is 12.4 Å². The number of benzene rings is 1. The van der Waals surface area contributed by atoms with Gasteiger partial charge in [0.1, 0.15) is 11.6 Å². The standard InChI is InChI=1S/C26H28N4O2/c1-17(15-27-16-18(2)32-3)23-14-21-12-13-28-26(31)24(21)25(30-23)29-22-10-8-20(9-11-22)19-6-4-5-7-19/h8-16,19H,1,4-7H2,2-3H3,(H,28,31)(H,29,30)/b18-16+,27-15?. The average Bonchev–Trinajstić information content (AvgIpc) is 3.34. The van der Waals surface area contributed by atoms with E-state index in [4.69, 9.17) is 9.72 Å². The fourth-order valence-electron chi connectivity index (χ4n) is 4.05. The van der Waals surface area contributed by atoms with Crippen LogP contribution in [-0.2, 0) is 4.74 Å². The lowest BCUT2D eigenvalue weighted by molar-refractivity contribution is 0.292. The summed E-state index contributed by atoms with van der Waals surface area (Å²) >= 11 is 0. The normalized spacial score (nSPS) is 14.9. The van der Waals surface area contributed by atoms with Gasteiger partial charge in [-0.15, -0.1) is 0 Å². The number of aliphatic imine (C=N–C) groups is 1. The Bertz CT molecular complexity index is 1230. The Hall–Kier alpha value is -3.67. The summed E-state index contributed by atoms with van der Waals surface area (Å²) in [6, 6.07) is 12.2. The van der Waals surface area contributed by atoms with Crippen molar-refractivity contribution in [3.8, 4) is 0 Å². The zero-order chi connectivity index (χ0) is 22.5. The van der Waals surface area contributed by atoms with Crippen LogP contribution in [0.3, 0.4) is 0 Å². The second kappa shape index (κ2) is 9.64. The van der Waals surface area contributed by atoms with Gasteiger partial charge in [0.25, 0.3) is 5.56 Å². The molecule has 0 aliphatic heterocycles. The molecule has 6 nitrogen and oxygen atoms in total. The summed E-state index contributed by atoms with van der Waals surface area (Å²) in [6.07, 6.45) is 10.0. The second-order valence-electron chi connectivity index (χ2n) is 8.10. The van der Waals surface area contributed by atoms with E-state index in [1.807, 2.05) is 19.1 Å². The molecule has 1 aliphatic rings. The first-order valence-electron chi connectivity index (χ1n) is 10.9. The van der Waals surface area contributed by atoms with E-state index in [9.17, 15) is 4.79 Å². The number of fused-ring (bicyclic) bond motifs is 1. The first-order chi connectivity index (χ1) is 15.5. The molecule has 1 aliphatic carbocycles. The average molecular weight is 429 g/mol. The number of nitrogens with zero attached hydrogens (tertiary/aromatic N) is 2. The third-order valence-corrected chi connectivity index (χ3v) is 5.89. The number of hydrogen-bond acceptors (Lipinski definition) is 5. The maximum Gasteiger partial charge on any atom is 0.259 e. The summed E-state index contributed by atoms with van der Waals surface area (Å²) in [4.78, 5) is 24.3. The SMILES string of the molecule is C=C(C=N/C=C(\C)OC)c1cc2cc[nH]c(=O)c2c(Nc2ccc(C3CCCC3)cc2)n1. The number of allylic oxidation sites excluding steroid dienone is 2. The molecule has 2 heterocycles. The van der Waals surface area contributed by atoms with Crippen molar-refractivity contribution < 1.29 is 4.74 Å². The summed E-state index contributed by atoms with van der Waals surface area (Å²) in [5.41, 5.74) is 3.34. The van der Waals surface area contributed by atoms with Crippen LogP contribution in [0, 0.1) is 0 Å². The smallest absolute Gasteiger partial charge is 0.259 e. The lowest BCUT2D eigenvalue weighted by Gasteiger charge is -2.13. The van der Waals surface area contributed by atoms with Gasteiger partial charge in [-0.25, -0.2) is 4.98 Å². The molecule has 0 spiro atoms. The van der Waals surface area contributed by atoms with Gasteiger partial charge in [0, 0.05) is 23.7 Å². The summed E-state index contributed by atoms with van der Waals surface area (Å²) in [5, 5.41) is 4.63. The van der Waals surface area contributed by atoms with Gasteiger partial charge in [-0.1, -0.05) is 31.6 Å². The number of nitrogens with one attached hydrogen (secondary N) is 2. The highest BCUT2D eigenvalue weighted by atomic mass is 16.5. The van der Waals surface area contributed by atoms with Crippen LogP contribution in [0.15, 0.2) is 70.9 Å². The minimum absolute atomic E-state index is 0.190. The molecule has 1 fully saturated rings. The minimum atomic E-state index is -0.190. The Morgan fingerprint density at radius 2 is 2.00 bits per heavy atom. The molecule has 2 N–H and O–H groups in total. The van der Waals surface area contributed by atoms with Crippen LogP contribution < -0.4 is 10.9 Å². The predicted octanol–water partition coefficient (Wildman–Crippen LogP) is 5.92. The van der Waals surface area contributed by atoms with Gasteiger partial charge in [-0.3, -0.25) is 9.79 Å². The molecule has 1 saturated carbocycles. The molecule has 0 radical (unpaired) electrons. The maximum absolute atomic E-state index is 12.6. The van der Waals surface area contributed by atoms with Crippen LogP contribution in [0.25, 0.3) is 16.3 Å². The Balaban J connectivity index is 1.66. The first-order valence-corrected chi connectivity index (χ1v) is 10.9. The van der Waals surface area contributed by atoms with Crippen LogP contribution in [0.4, 0.5) is 11.5 Å². The van der Waals surface area contributed by atoms with Crippen molar-refractivity contribution >= 4 is 34.1 Å². The van der Waals surface area contributed by atoms with E-state index in [0.717, 1.165) is 11.1 Å². The summed E-state index contributed by atoms with van der Waals surface area (Å²) in [5.74, 6) is 1.84. The summed E-state index contributed by atoms with van der Waals surface area (Å²) < 4.78 is 5.09. The van der Waals surface area contributed by atoms with E-state index >= 15 is 0 Å². The van der Waals surface area contributed by atoms with Gasteiger partial charge in [0.2, 0.25) is 0 Å². The van der Waals surface area contributed by atoms with Crippen LogP contribution in [-0.4, -0.2) is 23.3 Å². The van der Waals surface area contributed by atoms with Crippen molar-refractivity contribution in [3.05, 3.63) is 82.7 Å². The van der Waals surface area contributed by atoms with Gasteiger partial charge < -0.3 is 15.0 Å². The number of H-pyrrole nitrogens is 1. The highest BCUT2D eigenvalue weighted by Gasteiger charge is 2.17. The fraction of sp³-hybridized carbons (Fsp3) is 0.269. The molecule has 0 atom stereocenters. The number of aromatic nitrogens is 2. The molecule has 3 aromatic rings. The molecular formula is C26H28N4O2. The maximum atomic E-state index is 12.6. The van der Waals surface area contributed by atoms with Gasteiger partial charge >= 0.3 is 0 Å². The number of pyridine rings is 2. The van der Waals surface area contributed by atoms with Crippen LogP contribution in [0.5, 0.6) is 0 Å². The summed E-state index contributed by atoms with van der Waals surface area (Å²) in [6.45, 7) is 5.91. The quantitative estimate of drug-likeness (QED) is 0.362. The fourth-order valence-corrected chi connectivity index (χ4v) is 4.05.